The maximum absolute atomic E-state index is 11.9. The van der Waals surface area contributed by atoms with E-state index in [0.717, 1.165) is 18.2 Å². The van der Waals surface area contributed by atoms with Gasteiger partial charge >= 0.3 is 11.9 Å². The van der Waals surface area contributed by atoms with E-state index < -0.39 is 33.0 Å². The number of aromatic hydroxyl groups is 1. The molecule has 34 heavy (non-hydrogen) atoms. The fraction of sp³-hybridized carbons (Fsp3) is 0.300. The zero-order valence-electron chi connectivity index (χ0n) is 18.2. The van der Waals surface area contributed by atoms with E-state index >= 15 is 0 Å². The molecule has 0 radical (unpaired) electrons. The Morgan fingerprint density at radius 1 is 0.853 bits per heavy atom. The van der Waals surface area contributed by atoms with Gasteiger partial charge in [0, 0.05) is 38.5 Å². The molecule has 0 aliphatic heterocycles. The summed E-state index contributed by atoms with van der Waals surface area (Å²) in [4.78, 5) is 42.1. The Bertz CT molecular complexity index is 1020. The van der Waals surface area contributed by atoms with Gasteiger partial charge in [-0.15, -0.1) is 0 Å². The van der Waals surface area contributed by atoms with Crippen LogP contribution < -0.4 is 4.74 Å². The molecule has 14 heteroatoms. The van der Waals surface area contributed by atoms with E-state index in [-0.39, 0.29) is 36.8 Å². The summed E-state index contributed by atoms with van der Waals surface area (Å²) in [7, 11) is 2.98. The number of carboxylic acids is 1. The SMILES string of the molecule is COCCOC(=O)c1cc(OCCOC)ccc1[N+](=O)[O-].O=C(O)c1cc(O)ccc1[N+](=O)[O-]. The highest BCUT2D eigenvalue weighted by atomic mass is 16.6. The second-order valence-corrected chi connectivity index (χ2v) is 6.17. The molecule has 0 fully saturated rings. The van der Waals surface area contributed by atoms with Crippen LogP contribution in [0.2, 0.25) is 0 Å². The molecule has 0 atom stereocenters. The smallest absolute Gasteiger partial charge is 0.345 e. The number of nitro benzene ring substituents is 2. The summed E-state index contributed by atoms with van der Waals surface area (Å²) < 4.78 is 19.8. The number of hydrogen-bond acceptors (Lipinski definition) is 11. The third-order valence-corrected chi connectivity index (χ3v) is 3.87. The first-order valence-corrected chi connectivity index (χ1v) is 9.39. The molecule has 2 N–H and O–H groups in total. The zero-order chi connectivity index (χ0) is 25.7. The van der Waals surface area contributed by atoms with Crippen molar-refractivity contribution in [3.05, 3.63) is 67.8 Å². The number of phenolic OH excluding ortho intramolecular Hbond substituents is 1. The van der Waals surface area contributed by atoms with Crippen LogP contribution in [0.5, 0.6) is 11.5 Å². The van der Waals surface area contributed by atoms with Gasteiger partial charge in [-0.1, -0.05) is 0 Å². The Morgan fingerprint density at radius 3 is 1.97 bits per heavy atom. The second kappa shape index (κ2) is 14.0. The van der Waals surface area contributed by atoms with Gasteiger partial charge in [-0.3, -0.25) is 20.2 Å². The molecule has 0 aliphatic rings. The van der Waals surface area contributed by atoms with Crippen LogP contribution in [0.1, 0.15) is 20.7 Å². The minimum atomic E-state index is -1.44. The molecule has 0 bridgehead atoms. The number of carbonyl (C=O) groups excluding carboxylic acids is 1. The maximum atomic E-state index is 11.9. The summed E-state index contributed by atoms with van der Waals surface area (Å²) in [5, 5.41) is 38.6. The maximum Gasteiger partial charge on any atom is 0.345 e. The van der Waals surface area contributed by atoms with Gasteiger partial charge in [-0.2, -0.15) is 0 Å². The van der Waals surface area contributed by atoms with Crippen molar-refractivity contribution in [1.82, 2.24) is 0 Å². The topological polar surface area (TPSA) is 198 Å². The van der Waals surface area contributed by atoms with Crippen molar-refractivity contribution in [2.24, 2.45) is 0 Å². The largest absolute Gasteiger partial charge is 0.508 e. The molecule has 0 heterocycles. The van der Waals surface area contributed by atoms with Crippen molar-refractivity contribution in [3.63, 3.8) is 0 Å². The quantitative estimate of drug-likeness (QED) is 0.205. The Balaban J connectivity index is 0.000000380. The number of nitrogens with zero attached hydrogens (tertiary/aromatic N) is 2. The van der Waals surface area contributed by atoms with Gasteiger partial charge in [0.2, 0.25) is 0 Å². The Labute approximate surface area is 192 Å². The number of rotatable bonds is 11. The highest BCUT2D eigenvalue weighted by Crippen LogP contribution is 2.25. The standard InChI is InChI=1S/C13H17NO7.C7H5NO5/c1-18-5-7-20-10-3-4-12(14(16)17)11(9-10)13(15)21-8-6-19-2;9-4-1-2-6(8(12)13)5(3-4)7(10)11/h3-4,9H,5-8H2,1-2H3;1-3,9H,(H,10,11). The van der Waals surface area contributed by atoms with E-state index in [1.807, 2.05) is 0 Å². The normalized spacial score (nSPS) is 9.94. The van der Waals surface area contributed by atoms with Crippen LogP contribution >= 0.6 is 0 Å². The lowest BCUT2D eigenvalue weighted by atomic mass is 10.1. The average Bonchev–Trinajstić information content (AvgIpc) is 2.79. The summed E-state index contributed by atoms with van der Waals surface area (Å²) in [6, 6.07) is 6.74. The minimum Gasteiger partial charge on any atom is -0.508 e. The van der Waals surface area contributed by atoms with E-state index in [2.05, 4.69) is 0 Å². The monoisotopic (exact) mass is 482 g/mol. The van der Waals surface area contributed by atoms with Gasteiger partial charge in [0.05, 0.1) is 23.1 Å². The molecule has 2 aromatic carbocycles. The van der Waals surface area contributed by atoms with E-state index in [9.17, 15) is 29.8 Å². The van der Waals surface area contributed by atoms with Gasteiger partial charge in [0.25, 0.3) is 11.4 Å². The second-order valence-electron chi connectivity index (χ2n) is 6.17. The predicted octanol–water partition coefficient (Wildman–Crippen LogP) is 2.42. The summed E-state index contributed by atoms with van der Waals surface area (Å²) in [5.74, 6) is -2.22. The first kappa shape index (κ1) is 27.7. The summed E-state index contributed by atoms with van der Waals surface area (Å²) in [6.07, 6.45) is 0. The number of phenols is 1. The highest BCUT2D eigenvalue weighted by Gasteiger charge is 2.22. The number of carboxylic acid groups (broad SMARTS) is 1. The van der Waals surface area contributed by atoms with Crippen molar-refractivity contribution in [2.75, 3.05) is 40.6 Å². The van der Waals surface area contributed by atoms with Crippen LogP contribution in [0.3, 0.4) is 0 Å². The van der Waals surface area contributed by atoms with Gasteiger partial charge in [0.15, 0.2) is 0 Å². The number of benzene rings is 2. The highest BCUT2D eigenvalue weighted by molar-refractivity contribution is 5.94. The minimum absolute atomic E-state index is 0.0151. The lowest BCUT2D eigenvalue weighted by Crippen LogP contribution is -2.12. The number of aromatic carboxylic acids is 1. The van der Waals surface area contributed by atoms with Crippen LogP contribution in [-0.2, 0) is 14.2 Å². The molecule has 0 aliphatic carbocycles. The molecule has 0 saturated heterocycles. The number of nitro groups is 2. The third-order valence-electron chi connectivity index (χ3n) is 3.87. The molecule has 184 valence electrons. The summed E-state index contributed by atoms with van der Waals surface area (Å²) >= 11 is 0. The van der Waals surface area contributed by atoms with Gasteiger partial charge in [-0.05, 0) is 12.1 Å². The summed E-state index contributed by atoms with van der Waals surface area (Å²) in [5.41, 5.74) is -1.56. The molecule has 0 spiro atoms. The number of hydrogen-bond donors (Lipinski definition) is 2. The van der Waals surface area contributed by atoms with Crippen molar-refractivity contribution in [1.29, 1.82) is 0 Å². The number of carbonyl (C=O) groups is 2. The van der Waals surface area contributed by atoms with Crippen LogP contribution in [0, 0.1) is 20.2 Å². The van der Waals surface area contributed by atoms with Crippen LogP contribution in [0.25, 0.3) is 0 Å². The first-order chi connectivity index (χ1) is 16.1. The van der Waals surface area contributed by atoms with E-state index in [1.165, 1.54) is 32.4 Å². The average molecular weight is 482 g/mol. The lowest BCUT2D eigenvalue weighted by molar-refractivity contribution is -0.385. The first-order valence-electron chi connectivity index (χ1n) is 9.39. The summed E-state index contributed by atoms with van der Waals surface area (Å²) in [6.45, 7) is 0.863. The van der Waals surface area contributed by atoms with E-state index in [1.54, 1.807) is 0 Å². The van der Waals surface area contributed by atoms with Gasteiger partial charge in [0.1, 0.15) is 35.8 Å². The van der Waals surface area contributed by atoms with E-state index in [4.69, 9.17) is 29.2 Å². The van der Waals surface area contributed by atoms with Crippen LogP contribution in [-0.4, -0.2) is 72.6 Å². The molecular weight excluding hydrogens is 460 g/mol. The predicted molar refractivity (Wildman–Crippen MR) is 114 cm³/mol. The number of esters is 1. The Morgan fingerprint density at radius 2 is 1.41 bits per heavy atom. The Kier molecular flexibility index (Phi) is 11.4. The fourth-order valence-electron chi connectivity index (χ4n) is 2.32. The van der Waals surface area contributed by atoms with Gasteiger partial charge < -0.3 is 29.2 Å². The molecule has 0 amide bonds. The van der Waals surface area contributed by atoms with E-state index in [0.29, 0.717) is 12.4 Å². The van der Waals surface area contributed by atoms with Crippen molar-refractivity contribution in [3.8, 4) is 11.5 Å². The van der Waals surface area contributed by atoms with Crippen molar-refractivity contribution >= 4 is 23.3 Å². The molecule has 2 rings (SSSR count). The number of methoxy groups -OCH3 is 2. The fourth-order valence-corrected chi connectivity index (χ4v) is 2.32. The lowest BCUT2D eigenvalue weighted by Gasteiger charge is -2.08. The molecule has 0 aromatic heterocycles. The third kappa shape index (κ3) is 8.68. The number of ether oxygens (including phenoxy) is 4. The van der Waals surface area contributed by atoms with Crippen molar-refractivity contribution < 1.29 is 48.6 Å². The Hall–Kier alpha value is -4.30. The molecular formula is C20H22N2O12. The zero-order valence-corrected chi connectivity index (χ0v) is 18.2. The molecule has 0 saturated carbocycles. The van der Waals surface area contributed by atoms with Crippen LogP contribution in [0.4, 0.5) is 11.4 Å². The molecule has 2 aromatic rings. The van der Waals surface area contributed by atoms with Gasteiger partial charge in [-0.25, -0.2) is 9.59 Å². The molecule has 14 nitrogen and oxygen atoms in total. The molecule has 0 unspecified atom stereocenters. The van der Waals surface area contributed by atoms with Crippen LogP contribution in [0.15, 0.2) is 36.4 Å². The van der Waals surface area contributed by atoms with Crippen molar-refractivity contribution in [2.45, 2.75) is 0 Å².